The van der Waals surface area contributed by atoms with Crippen molar-refractivity contribution in [1.82, 2.24) is 9.97 Å². The largest absolute Gasteiger partial charge is 0.359 e. The standard InChI is InChI=1S/C8H10BrNO2.C8H10NO2.3C4H9.4CH4.Sn/c1-11-6-12-5-7-3-2-4-8(9)10-7;1-10-7-11-6-8-4-2-3-5-9-8;3*1-3-4-2;;;;;/h2-4H,5-6H2,1H3;2-4H,6-7H2,1H3;3*1,3-4H2,2H3;4*1H4;. The number of unbranched alkanes of at least 4 members (excludes halogenated alkanes) is 3. The Kier molecular flexibility index (Phi) is 34.7. The first kappa shape index (κ1) is 46.4. The molecule has 0 aromatic carbocycles. The molecule has 0 aliphatic heterocycles. The van der Waals surface area contributed by atoms with E-state index >= 15 is 0 Å². The van der Waals surface area contributed by atoms with Crippen LogP contribution in [0.2, 0.25) is 13.3 Å². The van der Waals surface area contributed by atoms with Crippen LogP contribution in [0.25, 0.3) is 0 Å². The van der Waals surface area contributed by atoms with Gasteiger partial charge in [-0.15, -0.1) is 0 Å². The Labute approximate surface area is 261 Å². The molecular weight excluding hydrogens is 675 g/mol. The molecule has 2 rings (SSSR count). The summed E-state index contributed by atoms with van der Waals surface area (Å²) in [6.07, 6.45) is 8.01. The van der Waals surface area contributed by atoms with E-state index in [2.05, 4.69) is 59.9 Å². The summed E-state index contributed by atoms with van der Waals surface area (Å²) >= 11 is 0.867. The van der Waals surface area contributed by atoms with Crippen molar-refractivity contribution in [2.75, 3.05) is 27.8 Å². The number of hydrogen-bond acceptors (Lipinski definition) is 6. The van der Waals surface area contributed by atoms with Crippen molar-refractivity contribution in [3.8, 4) is 0 Å². The molecular formula is C32H63BrN2O4Sn. The van der Waals surface area contributed by atoms with Gasteiger partial charge >= 0.3 is 154 Å². The SMILES string of the molecule is C.C.C.C.CCC[CH2][Sn]([CH2]CCC)([CH2]CCC)[c]1cccc(COCOC)n1.COCOCc1cccc(Br)n1. The number of methoxy groups -OCH3 is 2. The fraction of sp³-hybridized carbons (Fsp3) is 0.688. The minimum Gasteiger partial charge on any atom is -0.359 e. The maximum absolute atomic E-state index is 5.52. The van der Waals surface area contributed by atoms with Crippen molar-refractivity contribution in [2.45, 2.75) is 116 Å². The van der Waals surface area contributed by atoms with E-state index in [4.69, 9.17) is 23.9 Å². The molecule has 0 aliphatic carbocycles. The zero-order valence-electron chi connectivity index (χ0n) is 23.1. The third-order valence-corrected chi connectivity index (χ3v) is 21.6. The molecule has 0 saturated carbocycles. The number of hydrogen-bond donors (Lipinski definition) is 0. The molecule has 0 fully saturated rings. The molecule has 2 aromatic rings. The van der Waals surface area contributed by atoms with Crippen molar-refractivity contribution in [3.05, 3.63) is 52.4 Å². The third kappa shape index (κ3) is 19.5. The van der Waals surface area contributed by atoms with E-state index in [0.717, 1.165) is 16.0 Å². The van der Waals surface area contributed by atoms with Gasteiger partial charge < -0.3 is 9.47 Å². The maximum atomic E-state index is 5.52. The minimum atomic E-state index is -2.41. The number of rotatable bonds is 18. The van der Waals surface area contributed by atoms with Gasteiger partial charge in [0.25, 0.3) is 0 Å². The van der Waals surface area contributed by atoms with Gasteiger partial charge in [0, 0.05) is 7.11 Å². The maximum Gasteiger partial charge on any atom is 0.146 e. The zero-order valence-corrected chi connectivity index (χ0v) is 27.5. The second-order valence-corrected chi connectivity index (χ2v) is 22.9. The van der Waals surface area contributed by atoms with E-state index in [9.17, 15) is 0 Å². The smallest absolute Gasteiger partial charge is 0.146 e. The van der Waals surface area contributed by atoms with Gasteiger partial charge in [0.05, 0.1) is 12.3 Å². The number of nitrogens with zero attached hydrogens (tertiary/aromatic N) is 2. The van der Waals surface area contributed by atoms with E-state index in [-0.39, 0.29) is 29.7 Å². The van der Waals surface area contributed by atoms with E-state index in [1.807, 2.05) is 18.2 Å². The van der Waals surface area contributed by atoms with Crippen molar-refractivity contribution in [3.63, 3.8) is 0 Å². The van der Waals surface area contributed by atoms with Crippen LogP contribution in [0.5, 0.6) is 0 Å². The van der Waals surface area contributed by atoms with Gasteiger partial charge in [-0.05, 0) is 28.1 Å². The van der Waals surface area contributed by atoms with Crippen LogP contribution in [0.15, 0.2) is 41.0 Å². The summed E-state index contributed by atoms with van der Waals surface area (Å²) in [4.78, 5) is 9.27. The third-order valence-electron chi connectivity index (χ3n) is 6.05. The van der Waals surface area contributed by atoms with Gasteiger partial charge in [-0.1, -0.05) is 35.8 Å². The fourth-order valence-corrected chi connectivity index (χ4v) is 20.1. The Hall–Kier alpha value is -0.581. The summed E-state index contributed by atoms with van der Waals surface area (Å²) in [5.74, 6) is 0. The first-order valence-electron chi connectivity index (χ1n) is 13.3. The van der Waals surface area contributed by atoms with Crippen LogP contribution < -0.4 is 3.71 Å². The molecule has 0 unspecified atom stereocenters. The van der Waals surface area contributed by atoms with Crippen molar-refractivity contribution < 1.29 is 18.9 Å². The Morgan fingerprint density at radius 2 is 1.07 bits per heavy atom. The molecule has 40 heavy (non-hydrogen) atoms. The summed E-state index contributed by atoms with van der Waals surface area (Å²) in [7, 11) is 3.25. The van der Waals surface area contributed by atoms with Gasteiger partial charge in [-0.25, -0.2) is 4.98 Å². The number of halogens is 1. The van der Waals surface area contributed by atoms with Gasteiger partial charge in [0.2, 0.25) is 0 Å². The molecule has 0 atom stereocenters. The van der Waals surface area contributed by atoms with E-state index < -0.39 is 18.4 Å². The molecule has 0 amide bonds. The first-order valence-corrected chi connectivity index (χ1v) is 21.5. The fourth-order valence-electron chi connectivity index (χ4n) is 4.15. The molecule has 8 heteroatoms. The van der Waals surface area contributed by atoms with Crippen LogP contribution in [-0.2, 0) is 32.2 Å². The van der Waals surface area contributed by atoms with Crippen LogP contribution in [-0.4, -0.2) is 56.2 Å². The van der Waals surface area contributed by atoms with E-state index in [0.29, 0.717) is 26.8 Å². The van der Waals surface area contributed by atoms with Crippen LogP contribution in [0, 0.1) is 0 Å². The minimum absolute atomic E-state index is 0. The van der Waals surface area contributed by atoms with Crippen molar-refractivity contribution in [1.29, 1.82) is 0 Å². The predicted molar refractivity (Wildman–Crippen MR) is 181 cm³/mol. The average Bonchev–Trinajstić information content (AvgIpc) is 2.89. The molecule has 0 saturated heterocycles. The molecule has 0 radical (unpaired) electrons. The molecule has 6 nitrogen and oxygen atoms in total. The molecule has 0 bridgehead atoms. The normalized spacial score (nSPS) is 10.2. The number of aromatic nitrogens is 2. The molecule has 2 heterocycles. The Balaban J connectivity index is -0.000000347. The monoisotopic (exact) mass is 738 g/mol. The summed E-state index contributed by atoms with van der Waals surface area (Å²) in [6, 6.07) is 12.3. The molecule has 236 valence electrons. The Morgan fingerprint density at radius 3 is 1.48 bits per heavy atom. The summed E-state index contributed by atoms with van der Waals surface area (Å²) in [5.41, 5.74) is 1.96. The molecule has 0 spiro atoms. The van der Waals surface area contributed by atoms with Gasteiger partial charge in [-0.3, -0.25) is 0 Å². The quantitative estimate of drug-likeness (QED) is 0.0657. The summed E-state index contributed by atoms with van der Waals surface area (Å²) < 4.78 is 27.0. The predicted octanol–water partition coefficient (Wildman–Crippen LogP) is 9.77. The zero-order chi connectivity index (χ0) is 26.5. The van der Waals surface area contributed by atoms with Gasteiger partial charge in [0.15, 0.2) is 0 Å². The molecule has 0 N–H and O–H groups in total. The Bertz CT molecular complexity index is 792. The van der Waals surface area contributed by atoms with Crippen LogP contribution in [0.4, 0.5) is 0 Å². The molecule has 0 aliphatic rings. The van der Waals surface area contributed by atoms with E-state index in [1.54, 1.807) is 14.2 Å². The topological polar surface area (TPSA) is 62.7 Å². The van der Waals surface area contributed by atoms with Gasteiger partial charge in [0.1, 0.15) is 11.4 Å². The number of ether oxygens (including phenoxy) is 4. The number of pyridine rings is 2. The van der Waals surface area contributed by atoms with Crippen LogP contribution >= 0.6 is 15.9 Å². The first-order chi connectivity index (χ1) is 17.5. The summed E-state index contributed by atoms with van der Waals surface area (Å²) in [5, 5.41) is 0. The molecule has 2 aromatic heterocycles. The van der Waals surface area contributed by atoms with Crippen LogP contribution in [0.3, 0.4) is 0 Å². The van der Waals surface area contributed by atoms with E-state index in [1.165, 1.54) is 55.5 Å². The second kappa shape index (κ2) is 29.9. The van der Waals surface area contributed by atoms with Crippen LogP contribution in [0.1, 0.15) is 100 Å². The second-order valence-electron chi connectivity index (χ2n) is 9.07. The van der Waals surface area contributed by atoms with Crippen molar-refractivity contribution in [2.24, 2.45) is 0 Å². The van der Waals surface area contributed by atoms with Gasteiger partial charge in [-0.2, -0.15) is 0 Å². The van der Waals surface area contributed by atoms with Crippen molar-refractivity contribution >= 4 is 38.0 Å². The Morgan fingerprint density at radius 1 is 0.650 bits per heavy atom. The summed E-state index contributed by atoms with van der Waals surface area (Å²) in [6.45, 7) is 8.62. The average molecular weight is 738 g/mol.